The molecule has 5 heteroatoms. The fraction of sp³-hybridized carbons (Fsp3) is 0.500. The van der Waals surface area contributed by atoms with E-state index in [1.165, 1.54) is 24.6 Å². The Morgan fingerprint density at radius 1 is 1.26 bits per heavy atom. The number of amides is 1. The highest BCUT2D eigenvalue weighted by atomic mass is 79.9. The van der Waals surface area contributed by atoms with E-state index in [2.05, 4.69) is 21.2 Å². The number of benzene rings is 1. The van der Waals surface area contributed by atoms with Gasteiger partial charge in [0, 0.05) is 11.4 Å². The van der Waals surface area contributed by atoms with E-state index in [4.69, 9.17) is 0 Å². The molecule has 19 heavy (non-hydrogen) atoms. The van der Waals surface area contributed by atoms with Crippen molar-refractivity contribution in [2.45, 2.75) is 31.7 Å². The molecular weight excluding hydrogens is 310 g/mol. The molecule has 0 aromatic heterocycles. The van der Waals surface area contributed by atoms with Crippen LogP contribution in [0.15, 0.2) is 18.2 Å². The number of carbonyl (C=O) groups excluding carboxylic acids is 1. The van der Waals surface area contributed by atoms with E-state index in [1.54, 1.807) is 0 Å². The first kappa shape index (κ1) is 14.2. The van der Waals surface area contributed by atoms with Gasteiger partial charge in [-0.3, -0.25) is 4.79 Å². The van der Waals surface area contributed by atoms with Crippen molar-refractivity contribution in [3.05, 3.63) is 23.8 Å². The van der Waals surface area contributed by atoms with E-state index in [-0.39, 0.29) is 23.1 Å². The summed E-state index contributed by atoms with van der Waals surface area (Å²) in [4.78, 5) is 12.2. The van der Waals surface area contributed by atoms with Crippen LogP contribution in [0.5, 0.6) is 11.5 Å². The van der Waals surface area contributed by atoms with Gasteiger partial charge in [0.25, 0.3) is 5.91 Å². The topological polar surface area (TPSA) is 69.6 Å². The SMILES string of the molecule is O=C(NC1CCCCC1CBr)c1c(O)cccc1O. The largest absolute Gasteiger partial charge is 0.507 e. The van der Waals surface area contributed by atoms with Gasteiger partial charge in [0.1, 0.15) is 17.1 Å². The number of rotatable bonds is 3. The van der Waals surface area contributed by atoms with Crippen molar-refractivity contribution >= 4 is 21.8 Å². The van der Waals surface area contributed by atoms with Crippen molar-refractivity contribution < 1.29 is 15.0 Å². The molecular formula is C14H18BrNO3. The van der Waals surface area contributed by atoms with E-state index < -0.39 is 5.91 Å². The molecule has 4 nitrogen and oxygen atoms in total. The Balaban J connectivity index is 2.12. The lowest BCUT2D eigenvalue weighted by molar-refractivity contribution is 0.0906. The number of nitrogens with one attached hydrogen (secondary N) is 1. The maximum absolute atomic E-state index is 12.2. The van der Waals surface area contributed by atoms with Crippen LogP contribution in [0.4, 0.5) is 0 Å². The van der Waals surface area contributed by atoms with E-state index in [0.717, 1.165) is 24.6 Å². The van der Waals surface area contributed by atoms with Crippen LogP contribution in [-0.4, -0.2) is 27.5 Å². The first-order valence-electron chi connectivity index (χ1n) is 6.51. The number of aromatic hydroxyl groups is 2. The number of alkyl halides is 1. The quantitative estimate of drug-likeness (QED) is 0.747. The molecule has 1 saturated carbocycles. The number of halogens is 1. The van der Waals surface area contributed by atoms with Crippen molar-refractivity contribution in [3.63, 3.8) is 0 Å². The van der Waals surface area contributed by atoms with E-state index in [9.17, 15) is 15.0 Å². The molecule has 104 valence electrons. The molecule has 1 fully saturated rings. The minimum Gasteiger partial charge on any atom is -0.507 e. The minimum absolute atomic E-state index is 0.0404. The van der Waals surface area contributed by atoms with Crippen molar-refractivity contribution in [1.82, 2.24) is 5.32 Å². The molecule has 0 bridgehead atoms. The summed E-state index contributed by atoms with van der Waals surface area (Å²) in [7, 11) is 0. The minimum atomic E-state index is -0.409. The van der Waals surface area contributed by atoms with Gasteiger partial charge in [-0.15, -0.1) is 0 Å². The molecule has 0 radical (unpaired) electrons. The molecule has 2 atom stereocenters. The van der Waals surface area contributed by atoms with Gasteiger partial charge in [-0.1, -0.05) is 34.8 Å². The monoisotopic (exact) mass is 327 g/mol. The van der Waals surface area contributed by atoms with Gasteiger partial charge in [0.2, 0.25) is 0 Å². The van der Waals surface area contributed by atoms with Crippen molar-refractivity contribution in [3.8, 4) is 11.5 Å². The molecule has 1 aliphatic rings. The zero-order valence-corrected chi connectivity index (χ0v) is 12.2. The van der Waals surface area contributed by atoms with Gasteiger partial charge >= 0.3 is 0 Å². The van der Waals surface area contributed by atoms with Crippen LogP contribution in [0.3, 0.4) is 0 Å². The third-order valence-electron chi connectivity index (χ3n) is 3.67. The lowest BCUT2D eigenvalue weighted by Gasteiger charge is -2.31. The molecule has 0 aliphatic heterocycles. The van der Waals surface area contributed by atoms with E-state index >= 15 is 0 Å². The predicted molar refractivity (Wildman–Crippen MR) is 76.8 cm³/mol. The molecule has 1 aliphatic carbocycles. The maximum Gasteiger partial charge on any atom is 0.259 e. The van der Waals surface area contributed by atoms with Gasteiger partial charge in [0.15, 0.2) is 0 Å². The molecule has 3 N–H and O–H groups in total. The number of hydrogen-bond acceptors (Lipinski definition) is 3. The molecule has 1 aromatic rings. The highest BCUT2D eigenvalue weighted by Crippen LogP contribution is 2.29. The lowest BCUT2D eigenvalue weighted by atomic mass is 9.85. The summed E-state index contributed by atoms with van der Waals surface area (Å²) in [5.41, 5.74) is -0.0404. The summed E-state index contributed by atoms with van der Waals surface area (Å²) in [6, 6.07) is 4.40. The molecule has 2 unspecified atom stereocenters. The second kappa shape index (κ2) is 6.28. The van der Waals surface area contributed by atoms with Crippen LogP contribution in [-0.2, 0) is 0 Å². The predicted octanol–water partition coefficient (Wildman–Crippen LogP) is 2.78. The average Bonchev–Trinajstić information content (AvgIpc) is 2.39. The zero-order valence-electron chi connectivity index (χ0n) is 10.6. The Bertz CT molecular complexity index is 444. The standard InChI is InChI=1S/C14H18BrNO3/c15-8-9-4-1-2-5-10(9)16-14(19)13-11(17)6-3-7-12(13)18/h3,6-7,9-10,17-18H,1-2,4-5,8H2,(H,16,19). The van der Waals surface area contributed by atoms with Gasteiger partial charge in [-0.2, -0.15) is 0 Å². The Morgan fingerprint density at radius 3 is 2.53 bits per heavy atom. The van der Waals surface area contributed by atoms with Crippen LogP contribution < -0.4 is 5.32 Å². The van der Waals surface area contributed by atoms with Crippen molar-refractivity contribution in [2.24, 2.45) is 5.92 Å². The van der Waals surface area contributed by atoms with E-state index in [1.807, 2.05) is 0 Å². The number of hydrogen-bond donors (Lipinski definition) is 3. The Morgan fingerprint density at radius 2 is 1.89 bits per heavy atom. The number of phenols is 2. The van der Waals surface area contributed by atoms with Crippen LogP contribution in [0, 0.1) is 5.92 Å². The van der Waals surface area contributed by atoms with Crippen LogP contribution >= 0.6 is 15.9 Å². The third-order valence-corrected chi connectivity index (χ3v) is 4.50. The summed E-state index contributed by atoms with van der Waals surface area (Å²) in [5, 5.41) is 23.1. The highest BCUT2D eigenvalue weighted by Gasteiger charge is 2.27. The van der Waals surface area contributed by atoms with Crippen LogP contribution in [0.25, 0.3) is 0 Å². The first-order chi connectivity index (χ1) is 9.13. The summed E-state index contributed by atoms with van der Waals surface area (Å²) in [6.45, 7) is 0. The molecule has 0 saturated heterocycles. The summed E-state index contributed by atoms with van der Waals surface area (Å²) >= 11 is 3.48. The van der Waals surface area contributed by atoms with Crippen molar-refractivity contribution in [1.29, 1.82) is 0 Å². The van der Waals surface area contributed by atoms with Crippen LogP contribution in [0.2, 0.25) is 0 Å². The maximum atomic E-state index is 12.2. The normalized spacial score (nSPS) is 23.0. The van der Waals surface area contributed by atoms with Crippen molar-refractivity contribution in [2.75, 3.05) is 5.33 Å². The second-order valence-electron chi connectivity index (χ2n) is 4.95. The Kier molecular flexibility index (Phi) is 4.69. The van der Waals surface area contributed by atoms with Crippen LogP contribution in [0.1, 0.15) is 36.0 Å². The third kappa shape index (κ3) is 3.21. The summed E-state index contributed by atoms with van der Waals surface area (Å²) in [5.74, 6) is -0.383. The summed E-state index contributed by atoms with van der Waals surface area (Å²) in [6.07, 6.45) is 4.31. The zero-order chi connectivity index (χ0) is 13.8. The number of carbonyl (C=O) groups is 1. The smallest absolute Gasteiger partial charge is 0.259 e. The second-order valence-corrected chi connectivity index (χ2v) is 5.60. The fourth-order valence-electron chi connectivity index (χ4n) is 2.58. The van der Waals surface area contributed by atoms with Gasteiger partial charge in [-0.25, -0.2) is 0 Å². The summed E-state index contributed by atoms with van der Waals surface area (Å²) < 4.78 is 0. The molecule has 0 spiro atoms. The molecule has 2 rings (SSSR count). The number of phenolic OH excluding ortho intramolecular Hbond substituents is 2. The van der Waals surface area contributed by atoms with E-state index in [0.29, 0.717) is 5.92 Å². The highest BCUT2D eigenvalue weighted by molar-refractivity contribution is 9.09. The molecule has 1 aromatic carbocycles. The van der Waals surface area contributed by atoms with Gasteiger partial charge in [-0.05, 0) is 30.9 Å². The fourth-order valence-corrected chi connectivity index (χ4v) is 3.36. The van der Waals surface area contributed by atoms with Gasteiger partial charge < -0.3 is 15.5 Å². The average molecular weight is 328 g/mol. The molecule has 0 heterocycles. The lowest BCUT2D eigenvalue weighted by Crippen LogP contribution is -2.42. The Labute approximate surface area is 121 Å². The van der Waals surface area contributed by atoms with Gasteiger partial charge in [0.05, 0.1) is 0 Å². The Hall–Kier alpha value is -1.23. The first-order valence-corrected chi connectivity index (χ1v) is 7.63. The molecule has 1 amide bonds.